The number of aliphatic hydroxyl groups is 1. The van der Waals surface area contributed by atoms with Crippen molar-refractivity contribution in [2.45, 2.75) is 52.9 Å². The lowest BCUT2D eigenvalue weighted by Crippen LogP contribution is -2.26. The molecule has 0 spiro atoms. The van der Waals surface area contributed by atoms with Gasteiger partial charge in [0.1, 0.15) is 5.75 Å². The smallest absolute Gasteiger partial charge is 0.309 e. The van der Waals surface area contributed by atoms with E-state index < -0.39 is 18.2 Å². The minimum atomic E-state index is -0.995. The van der Waals surface area contributed by atoms with Crippen LogP contribution in [0.3, 0.4) is 0 Å². The predicted octanol–water partition coefficient (Wildman–Crippen LogP) is 3.39. The van der Waals surface area contributed by atoms with Crippen LogP contribution in [-0.4, -0.2) is 36.2 Å². The molecule has 35 heavy (non-hydrogen) atoms. The number of amides is 1. The zero-order chi connectivity index (χ0) is 25.6. The molecule has 0 saturated carbocycles. The fourth-order valence-electron chi connectivity index (χ4n) is 3.30. The zero-order valence-corrected chi connectivity index (χ0v) is 20.3. The maximum Gasteiger partial charge on any atom is 0.309 e. The SMILES string of the molecule is CCOC(=O)C(CCC(=O)NOCc1ccc(OC(C)=O)cc1)Cc1ccc(C(O)OCC)cc1. The second kappa shape index (κ2) is 14.9. The molecule has 0 fully saturated rings. The summed E-state index contributed by atoms with van der Waals surface area (Å²) in [6.07, 6.45) is -0.234. The number of benzene rings is 2. The Morgan fingerprint density at radius 1 is 0.943 bits per heavy atom. The lowest BCUT2D eigenvalue weighted by Gasteiger charge is -2.16. The monoisotopic (exact) mass is 487 g/mol. The third kappa shape index (κ3) is 10.3. The first-order valence-corrected chi connectivity index (χ1v) is 11.6. The van der Waals surface area contributed by atoms with Crippen LogP contribution in [0.15, 0.2) is 48.5 Å². The molecule has 0 radical (unpaired) electrons. The van der Waals surface area contributed by atoms with Gasteiger partial charge in [0, 0.05) is 25.5 Å². The van der Waals surface area contributed by atoms with E-state index in [0.717, 1.165) is 11.1 Å². The number of aliphatic hydroxyl groups excluding tert-OH is 1. The molecule has 0 aliphatic heterocycles. The summed E-state index contributed by atoms with van der Waals surface area (Å²) in [5, 5.41) is 9.91. The lowest BCUT2D eigenvalue weighted by atomic mass is 9.94. The number of rotatable bonds is 14. The van der Waals surface area contributed by atoms with Gasteiger partial charge in [0.25, 0.3) is 0 Å². The van der Waals surface area contributed by atoms with Crippen LogP contribution >= 0.6 is 0 Å². The highest BCUT2D eigenvalue weighted by Crippen LogP contribution is 2.20. The van der Waals surface area contributed by atoms with E-state index in [1.54, 1.807) is 50.2 Å². The topological polar surface area (TPSA) is 120 Å². The molecule has 2 atom stereocenters. The maximum absolute atomic E-state index is 12.4. The molecule has 2 unspecified atom stereocenters. The van der Waals surface area contributed by atoms with Gasteiger partial charge in [0.15, 0.2) is 6.29 Å². The Labute approximate surface area is 205 Å². The minimum absolute atomic E-state index is 0.0794. The van der Waals surface area contributed by atoms with E-state index in [1.165, 1.54) is 6.92 Å². The molecule has 0 bridgehead atoms. The number of hydroxylamine groups is 1. The van der Waals surface area contributed by atoms with Crippen LogP contribution in [0.2, 0.25) is 0 Å². The number of carbonyl (C=O) groups is 3. The summed E-state index contributed by atoms with van der Waals surface area (Å²) in [5.41, 5.74) is 4.67. The number of hydrogen-bond acceptors (Lipinski definition) is 8. The van der Waals surface area contributed by atoms with Gasteiger partial charge in [-0.15, -0.1) is 0 Å². The Morgan fingerprint density at radius 3 is 2.20 bits per heavy atom. The molecule has 2 rings (SSSR count). The largest absolute Gasteiger partial charge is 0.466 e. The molecular weight excluding hydrogens is 454 g/mol. The maximum atomic E-state index is 12.4. The van der Waals surface area contributed by atoms with Gasteiger partial charge in [0.05, 0.1) is 19.1 Å². The Bertz CT molecular complexity index is 943. The molecule has 2 aromatic rings. The van der Waals surface area contributed by atoms with E-state index in [0.29, 0.717) is 24.3 Å². The van der Waals surface area contributed by atoms with Crippen LogP contribution in [0, 0.1) is 5.92 Å². The van der Waals surface area contributed by atoms with Crippen molar-refractivity contribution >= 4 is 17.8 Å². The lowest BCUT2D eigenvalue weighted by molar-refractivity contribution is -0.148. The molecule has 0 aliphatic rings. The predicted molar refractivity (Wildman–Crippen MR) is 127 cm³/mol. The van der Waals surface area contributed by atoms with Gasteiger partial charge in [-0.25, -0.2) is 5.48 Å². The summed E-state index contributed by atoms with van der Waals surface area (Å²) in [7, 11) is 0. The van der Waals surface area contributed by atoms with Crippen LogP contribution in [0.4, 0.5) is 0 Å². The molecule has 0 aromatic heterocycles. The number of ether oxygens (including phenoxy) is 3. The first-order chi connectivity index (χ1) is 16.8. The quantitative estimate of drug-likeness (QED) is 0.180. The first kappa shape index (κ1) is 28.0. The fourth-order valence-corrected chi connectivity index (χ4v) is 3.30. The summed E-state index contributed by atoms with van der Waals surface area (Å²) in [6.45, 7) is 5.63. The van der Waals surface area contributed by atoms with E-state index in [-0.39, 0.29) is 37.9 Å². The number of hydrogen-bond donors (Lipinski definition) is 2. The molecular formula is C26H33NO8. The Kier molecular flexibility index (Phi) is 11.9. The normalized spacial score (nSPS) is 12.5. The van der Waals surface area contributed by atoms with Crippen LogP contribution in [0.1, 0.15) is 56.6 Å². The first-order valence-electron chi connectivity index (χ1n) is 11.6. The van der Waals surface area contributed by atoms with Crippen molar-refractivity contribution in [2.75, 3.05) is 13.2 Å². The molecule has 0 saturated heterocycles. The van der Waals surface area contributed by atoms with Crippen molar-refractivity contribution in [1.29, 1.82) is 0 Å². The Balaban J connectivity index is 1.84. The van der Waals surface area contributed by atoms with Crippen LogP contribution in [0.25, 0.3) is 0 Å². The number of nitrogens with one attached hydrogen (secondary N) is 1. The van der Waals surface area contributed by atoms with Gasteiger partial charge in [-0.1, -0.05) is 36.4 Å². The van der Waals surface area contributed by atoms with Crippen LogP contribution in [0.5, 0.6) is 5.75 Å². The van der Waals surface area contributed by atoms with E-state index in [9.17, 15) is 19.5 Å². The van der Waals surface area contributed by atoms with Crippen molar-refractivity contribution in [2.24, 2.45) is 5.92 Å². The molecule has 0 heterocycles. The molecule has 9 heteroatoms. The summed E-state index contributed by atoms with van der Waals surface area (Å²) in [6, 6.07) is 13.8. The molecule has 1 amide bonds. The molecule has 2 aromatic carbocycles. The van der Waals surface area contributed by atoms with Crippen LogP contribution < -0.4 is 10.2 Å². The molecule has 190 valence electrons. The summed E-state index contributed by atoms with van der Waals surface area (Å²) >= 11 is 0. The van der Waals surface area contributed by atoms with Crippen molar-refractivity contribution < 1.29 is 38.5 Å². The minimum Gasteiger partial charge on any atom is -0.466 e. The Hall–Kier alpha value is -3.27. The van der Waals surface area contributed by atoms with Gasteiger partial charge in [-0.3, -0.25) is 19.2 Å². The van der Waals surface area contributed by atoms with Gasteiger partial charge >= 0.3 is 11.9 Å². The van der Waals surface area contributed by atoms with E-state index in [1.807, 2.05) is 12.1 Å². The summed E-state index contributed by atoms with van der Waals surface area (Å²) < 4.78 is 15.3. The highest BCUT2D eigenvalue weighted by Gasteiger charge is 2.22. The van der Waals surface area contributed by atoms with Gasteiger partial charge in [0.2, 0.25) is 5.91 Å². The average Bonchev–Trinajstić information content (AvgIpc) is 2.83. The van der Waals surface area contributed by atoms with Gasteiger partial charge in [-0.2, -0.15) is 0 Å². The summed E-state index contributed by atoms with van der Waals surface area (Å²) in [5.74, 6) is -1.20. The number of carbonyl (C=O) groups excluding carboxylic acids is 3. The van der Waals surface area contributed by atoms with Crippen molar-refractivity contribution in [3.8, 4) is 5.75 Å². The fraction of sp³-hybridized carbons (Fsp3) is 0.423. The van der Waals surface area contributed by atoms with Gasteiger partial charge in [-0.05, 0) is 49.9 Å². The highest BCUT2D eigenvalue weighted by molar-refractivity contribution is 5.77. The average molecular weight is 488 g/mol. The second-order valence-electron chi connectivity index (χ2n) is 7.79. The third-order valence-corrected chi connectivity index (χ3v) is 5.02. The third-order valence-electron chi connectivity index (χ3n) is 5.02. The van der Waals surface area contributed by atoms with Crippen molar-refractivity contribution in [3.63, 3.8) is 0 Å². The Morgan fingerprint density at radius 2 is 1.60 bits per heavy atom. The number of esters is 2. The van der Waals surface area contributed by atoms with E-state index in [4.69, 9.17) is 19.0 Å². The molecule has 2 N–H and O–H groups in total. The second-order valence-corrected chi connectivity index (χ2v) is 7.79. The van der Waals surface area contributed by atoms with E-state index >= 15 is 0 Å². The highest BCUT2D eigenvalue weighted by atomic mass is 16.6. The van der Waals surface area contributed by atoms with Crippen LogP contribution in [-0.2, 0) is 41.7 Å². The zero-order valence-electron chi connectivity index (χ0n) is 20.3. The standard InChI is InChI=1S/C26H33NO8/c1-4-32-25(30)21-10-6-19(7-11-21)16-22(26(31)33-5-2)12-15-24(29)27-34-17-20-8-13-23(14-9-20)35-18(3)28/h6-11,13-14,22,25,30H,4-5,12,15-17H2,1-3H3,(H,27,29). The summed E-state index contributed by atoms with van der Waals surface area (Å²) in [4.78, 5) is 40.9. The molecule has 9 nitrogen and oxygen atoms in total. The van der Waals surface area contributed by atoms with E-state index in [2.05, 4.69) is 5.48 Å². The van der Waals surface area contributed by atoms with Crippen molar-refractivity contribution in [1.82, 2.24) is 5.48 Å². The molecule has 0 aliphatic carbocycles. The van der Waals surface area contributed by atoms with Crippen molar-refractivity contribution in [3.05, 3.63) is 65.2 Å². The van der Waals surface area contributed by atoms with Gasteiger partial charge < -0.3 is 19.3 Å².